The fourth-order valence-electron chi connectivity index (χ4n) is 0.639. The molecule has 0 spiro atoms. The minimum absolute atomic E-state index is 0.998. The monoisotopic (exact) mass is 179 g/mol. The van der Waals surface area contributed by atoms with Gasteiger partial charge in [-0.15, -0.1) is 0 Å². The van der Waals surface area contributed by atoms with E-state index in [-0.39, 0.29) is 0 Å². The van der Waals surface area contributed by atoms with Crippen LogP contribution in [-0.4, -0.2) is 32.7 Å². The zero-order chi connectivity index (χ0) is 8.91. The molecule has 0 bridgehead atoms. The van der Waals surface area contributed by atoms with Crippen LogP contribution >= 0.6 is 11.6 Å². The molecule has 0 saturated heterocycles. The van der Waals surface area contributed by atoms with Crippen molar-refractivity contribution in [3.05, 3.63) is 0 Å². The van der Waals surface area contributed by atoms with E-state index in [0.29, 0.717) is 0 Å². The smallest absolute Gasteiger partial charge is 0.313 e. The molecule has 0 aromatic rings. The molecule has 0 amide bonds. The van der Waals surface area contributed by atoms with Gasteiger partial charge in [-0.2, -0.15) is 5.26 Å². The van der Waals surface area contributed by atoms with Gasteiger partial charge < -0.3 is 14.2 Å². The summed E-state index contributed by atoms with van der Waals surface area (Å²) in [4.78, 5) is 0. The van der Waals surface area contributed by atoms with E-state index in [1.807, 2.05) is 0 Å². The first-order chi connectivity index (χ1) is 5.16. The molecular formula is C6H10ClNO3. The van der Waals surface area contributed by atoms with Crippen molar-refractivity contribution >= 4 is 11.6 Å². The van der Waals surface area contributed by atoms with Crippen molar-refractivity contribution in [2.45, 2.75) is 11.4 Å². The SMILES string of the molecule is COC(OC)(OC)C(Cl)C#N. The van der Waals surface area contributed by atoms with Crippen LogP contribution in [0.4, 0.5) is 0 Å². The fraction of sp³-hybridized carbons (Fsp3) is 0.833. The quantitative estimate of drug-likeness (QED) is 0.471. The van der Waals surface area contributed by atoms with Crippen LogP contribution in [0.3, 0.4) is 0 Å². The Morgan fingerprint density at radius 1 is 1.27 bits per heavy atom. The highest BCUT2D eigenvalue weighted by Crippen LogP contribution is 2.21. The lowest BCUT2D eigenvalue weighted by molar-refractivity contribution is -0.346. The van der Waals surface area contributed by atoms with Crippen LogP contribution < -0.4 is 0 Å². The Kier molecular flexibility index (Phi) is 4.38. The van der Waals surface area contributed by atoms with Crippen LogP contribution in [0.15, 0.2) is 0 Å². The summed E-state index contributed by atoms with van der Waals surface area (Å²) in [7, 11) is 4.04. The minimum atomic E-state index is -1.46. The third-order valence-electron chi connectivity index (χ3n) is 1.28. The molecule has 0 rings (SSSR count). The molecule has 4 nitrogen and oxygen atoms in total. The Morgan fingerprint density at radius 3 is 1.73 bits per heavy atom. The number of halogens is 1. The van der Waals surface area contributed by atoms with Gasteiger partial charge in [-0.05, 0) is 0 Å². The second kappa shape index (κ2) is 4.52. The van der Waals surface area contributed by atoms with Gasteiger partial charge in [-0.3, -0.25) is 0 Å². The van der Waals surface area contributed by atoms with Crippen molar-refractivity contribution < 1.29 is 14.2 Å². The Hall–Kier alpha value is -0.340. The van der Waals surface area contributed by atoms with Crippen molar-refractivity contribution in [1.82, 2.24) is 0 Å². The van der Waals surface area contributed by atoms with Gasteiger partial charge in [0.2, 0.25) is 5.38 Å². The zero-order valence-corrected chi connectivity index (χ0v) is 7.38. The summed E-state index contributed by atoms with van der Waals surface area (Å²) in [6.45, 7) is 0. The fourth-order valence-corrected chi connectivity index (χ4v) is 0.907. The van der Waals surface area contributed by atoms with Gasteiger partial charge >= 0.3 is 5.97 Å². The van der Waals surface area contributed by atoms with E-state index in [9.17, 15) is 0 Å². The topological polar surface area (TPSA) is 51.5 Å². The van der Waals surface area contributed by atoms with Crippen LogP contribution in [0, 0.1) is 11.3 Å². The molecule has 0 heterocycles. The number of nitriles is 1. The summed E-state index contributed by atoms with van der Waals surface area (Å²) >= 11 is 5.55. The normalized spacial score (nSPS) is 14.1. The van der Waals surface area contributed by atoms with Crippen molar-refractivity contribution in [3.8, 4) is 6.07 Å². The standard InChI is InChI=1S/C6H10ClNO3/c1-9-6(10-2,11-3)5(7)4-8/h5H,1-3H3. The molecule has 0 N–H and O–H groups in total. The number of methoxy groups -OCH3 is 3. The summed E-state index contributed by atoms with van der Waals surface area (Å²) in [5, 5.41) is 7.44. The maximum absolute atomic E-state index is 8.44. The molecule has 0 fully saturated rings. The van der Waals surface area contributed by atoms with Crippen LogP contribution in [-0.2, 0) is 14.2 Å². The third kappa shape index (κ3) is 2.04. The first kappa shape index (κ1) is 10.7. The second-order valence-electron chi connectivity index (χ2n) is 1.71. The van der Waals surface area contributed by atoms with E-state index in [1.54, 1.807) is 6.07 Å². The lowest BCUT2D eigenvalue weighted by Crippen LogP contribution is -2.44. The van der Waals surface area contributed by atoms with Gasteiger partial charge in [0.15, 0.2) is 0 Å². The van der Waals surface area contributed by atoms with Crippen LogP contribution in [0.2, 0.25) is 0 Å². The van der Waals surface area contributed by atoms with Crippen LogP contribution in [0.1, 0.15) is 0 Å². The molecule has 11 heavy (non-hydrogen) atoms. The average Bonchev–Trinajstić information content (AvgIpc) is 2.08. The summed E-state index contributed by atoms with van der Waals surface area (Å²) in [5.74, 6) is -1.46. The molecule has 0 aromatic carbocycles. The number of rotatable bonds is 4. The van der Waals surface area contributed by atoms with Gasteiger partial charge in [0.05, 0.1) is 6.07 Å². The van der Waals surface area contributed by atoms with E-state index < -0.39 is 11.4 Å². The van der Waals surface area contributed by atoms with Crippen molar-refractivity contribution in [3.63, 3.8) is 0 Å². The molecule has 64 valence electrons. The Balaban J connectivity index is 4.42. The molecule has 0 aliphatic rings. The van der Waals surface area contributed by atoms with Crippen LogP contribution in [0.5, 0.6) is 0 Å². The van der Waals surface area contributed by atoms with Gasteiger partial charge in [0.25, 0.3) is 0 Å². The predicted octanol–water partition coefficient (Wildman–Crippen LogP) is 0.710. The predicted molar refractivity (Wildman–Crippen MR) is 39.0 cm³/mol. The molecule has 5 heteroatoms. The maximum atomic E-state index is 8.44. The Morgan fingerprint density at radius 2 is 1.64 bits per heavy atom. The Bertz CT molecular complexity index is 144. The Labute approximate surface area is 70.6 Å². The number of hydrogen-bond donors (Lipinski definition) is 0. The highest BCUT2D eigenvalue weighted by Gasteiger charge is 2.39. The van der Waals surface area contributed by atoms with E-state index >= 15 is 0 Å². The minimum Gasteiger partial charge on any atom is -0.329 e. The lowest BCUT2D eigenvalue weighted by atomic mass is 10.4. The third-order valence-corrected chi connectivity index (χ3v) is 1.64. The number of hydrogen-bond acceptors (Lipinski definition) is 4. The van der Waals surface area contributed by atoms with Gasteiger partial charge in [0, 0.05) is 21.3 Å². The molecule has 1 unspecified atom stereocenters. The van der Waals surface area contributed by atoms with Crippen molar-refractivity contribution in [2.75, 3.05) is 21.3 Å². The highest BCUT2D eigenvalue weighted by atomic mass is 35.5. The van der Waals surface area contributed by atoms with E-state index in [4.69, 9.17) is 31.1 Å². The van der Waals surface area contributed by atoms with Crippen molar-refractivity contribution in [2.24, 2.45) is 0 Å². The summed E-state index contributed by atoms with van der Waals surface area (Å²) in [6, 6.07) is 1.75. The largest absolute Gasteiger partial charge is 0.329 e. The zero-order valence-electron chi connectivity index (χ0n) is 6.63. The summed E-state index contributed by atoms with van der Waals surface area (Å²) in [6.07, 6.45) is 0. The van der Waals surface area contributed by atoms with E-state index in [2.05, 4.69) is 0 Å². The van der Waals surface area contributed by atoms with E-state index in [0.717, 1.165) is 0 Å². The van der Waals surface area contributed by atoms with Gasteiger partial charge in [0.1, 0.15) is 0 Å². The highest BCUT2D eigenvalue weighted by molar-refractivity contribution is 6.22. The number of nitrogens with zero attached hydrogens (tertiary/aromatic N) is 1. The average molecular weight is 180 g/mol. The molecule has 0 saturated carbocycles. The van der Waals surface area contributed by atoms with Crippen molar-refractivity contribution in [1.29, 1.82) is 5.26 Å². The first-order valence-electron chi connectivity index (χ1n) is 2.86. The molecule has 1 atom stereocenters. The molecule has 0 aromatic heterocycles. The summed E-state index contributed by atoms with van der Waals surface area (Å²) in [5.41, 5.74) is 0. The first-order valence-corrected chi connectivity index (χ1v) is 3.29. The second-order valence-corrected chi connectivity index (χ2v) is 2.14. The molecule has 0 aliphatic carbocycles. The summed E-state index contributed by atoms with van der Waals surface area (Å²) < 4.78 is 14.4. The molecule has 0 aliphatic heterocycles. The van der Waals surface area contributed by atoms with Gasteiger partial charge in [-0.1, -0.05) is 11.6 Å². The van der Waals surface area contributed by atoms with Crippen LogP contribution in [0.25, 0.3) is 0 Å². The number of alkyl halides is 1. The molecule has 0 radical (unpaired) electrons. The maximum Gasteiger partial charge on any atom is 0.313 e. The molecular weight excluding hydrogens is 170 g/mol. The lowest BCUT2D eigenvalue weighted by Gasteiger charge is -2.28. The van der Waals surface area contributed by atoms with Gasteiger partial charge in [-0.25, -0.2) is 0 Å². The number of ether oxygens (including phenoxy) is 3. The van der Waals surface area contributed by atoms with E-state index in [1.165, 1.54) is 21.3 Å².